The third-order valence-electron chi connectivity index (χ3n) is 4.90. The van der Waals surface area contributed by atoms with E-state index < -0.39 is 56.5 Å². The summed E-state index contributed by atoms with van der Waals surface area (Å²) in [5, 5.41) is 23.5. The number of carbonyl (C=O) groups excluding carboxylic acids is 1. The van der Waals surface area contributed by atoms with Crippen LogP contribution in [-0.2, 0) is 23.4 Å². The number of aromatic nitrogens is 2. The summed E-state index contributed by atoms with van der Waals surface area (Å²) in [5.41, 5.74) is -0.436. The summed E-state index contributed by atoms with van der Waals surface area (Å²) in [6.07, 6.45) is -4.22. The summed E-state index contributed by atoms with van der Waals surface area (Å²) in [5.74, 6) is -0.460. The van der Waals surface area contributed by atoms with Crippen molar-refractivity contribution in [3.63, 3.8) is 0 Å². The molecule has 1 saturated heterocycles. The lowest BCUT2D eigenvalue weighted by Crippen LogP contribution is -2.38. The summed E-state index contributed by atoms with van der Waals surface area (Å²) in [6, 6.07) is 8.29. The molecule has 1 aliphatic rings. The van der Waals surface area contributed by atoms with Gasteiger partial charge in [-0.2, -0.15) is 5.09 Å². The van der Waals surface area contributed by atoms with Crippen molar-refractivity contribution in [2.45, 2.75) is 57.5 Å². The van der Waals surface area contributed by atoms with E-state index in [1.165, 1.54) is 23.8 Å². The molecule has 1 aromatic carbocycles. The Hall–Kier alpha value is -2.38. The summed E-state index contributed by atoms with van der Waals surface area (Å²) in [7, 11) is -4.20. The first-order valence-corrected chi connectivity index (χ1v) is 12.7. The van der Waals surface area contributed by atoms with Crippen LogP contribution in [0.25, 0.3) is 0 Å². The molecule has 0 aliphatic carbocycles. The highest BCUT2D eigenvalue weighted by Crippen LogP contribution is 2.46. The molecule has 0 spiro atoms. The number of aromatic amines is 1. The maximum atomic E-state index is 13.5. The van der Waals surface area contributed by atoms with Gasteiger partial charge in [0.15, 0.2) is 11.0 Å². The minimum absolute atomic E-state index is 0.0208. The van der Waals surface area contributed by atoms with E-state index in [-0.39, 0.29) is 16.6 Å². The molecule has 1 aromatic heterocycles. The van der Waals surface area contributed by atoms with Crippen molar-refractivity contribution in [2.24, 2.45) is 0 Å². The Morgan fingerprint density at radius 1 is 1.23 bits per heavy atom. The fourth-order valence-electron chi connectivity index (χ4n) is 3.23. The lowest BCUT2D eigenvalue weighted by atomic mass is 10.1. The zero-order chi connectivity index (χ0) is 25.8. The number of aliphatic hydroxyl groups excluding tert-OH is 2. The van der Waals surface area contributed by atoms with Gasteiger partial charge >= 0.3 is 13.7 Å². The van der Waals surface area contributed by atoms with Crippen LogP contribution in [0.5, 0.6) is 5.75 Å². The second kappa shape index (κ2) is 11.6. The minimum Gasteiger partial charge on any atom is -0.462 e. The van der Waals surface area contributed by atoms with Gasteiger partial charge in [-0.25, -0.2) is 4.57 Å². The van der Waals surface area contributed by atoms with E-state index in [2.05, 4.69) is 10.1 Å². The number of nitrogens with one attached hydrogen (secondary N) is 2. The zero-order valence-electron chi connectivity index (χ0n) is 19.3. The molecular weight excluding hydrogens is 501 g/mol. The van der Waals surface area contributed by atoms with Crippen LogP contribution in [0, 0.1) is 4.77 Å². The van der Waals surface area contributed by atoms with Crippen molar-refractivity contribution in [2.75, 3.05) is 6.61 Å². The van der Waals surface area contributed by atoms with Crippen LogP contribution in [0.2, 0.25) is 0 Å². The van der Waals surface area contributed by atoms with E-state index in [1.54, 1.807) is 44.2 Å². The number of hydrogen-bond acceptors (Lipinski definition) is 10. The predicted molar refractivity (Wildman–Crippen MR) is 126 cm³/mol. The van der Waals surface area contributed by atoms with Gasteiger partial charge in [-0.05, 0) is 45.1 Å². The van der Waals surface area contributed by atoms with Crippen molar-refractivity contribution >= 4 is 25.9 Å². The van der Waals surface area contributed by atoms with E-state index in [4.69, 9.17) is 30.7 Å². The van der Waals surface area contributed by atoms with Crippen LogP contribution < -0.4 is 15.2 Å². The van der Waals surface area contributed by atoms with Crippen LogP contribution in [0.1, 0.15) is 27.0 Å². The second-order valence-electron chi connectivity index (χ2n) is 8.10. The third-order valence-corrected chi connectivity index (χ3v) is 6.85. The van der Waals surface area contributed by atoms with Gasteiger partial charge in [0.05, 0.1) is 12.7 Å². The van der Waals surface area contributed by atoms with Crippen LogP contribution in [-0.4, -0.2) is 62.8 Å². The van der Waals surface area contributed by atoms with Crippen molar-refractivity contribution in [3.05, 3.63) is 57.7 Å². The van der Waals surface area contributed by atoms with Crippen molar-refractivity contribution in [1.82, 2.24) is 14.6 Å². The van der Waals surface area contributed by atoms with Gasteiger partial charge in [0.25, 0.3) is 5.56 Å². The summed E-state index contributed by atoms with van der Waals surface area (Å²) in [4.78, 5) is 26.1. The molecule has 0 saturated carbocycles. The van der Waals surface area contributed by atoms with E-state index in [0.717, 1.165) is 0 Å². The number of esters is 1. The molecule has 1 aliphatic heterocycles. The standard InChI is InChI=1S/C21H28N3O9PS/c1-12(2)31-20(28)13(3)23-34(29,33-14-7-5-4-6-8-14)30-11-15-17(26)18(27)19(32-15)24-10-9-16(25)22-21(24)35/h4-10,12-13,15,17-19,26-27H,11H2,1-3H3,(H,23,29)(H,22,25,35)/t13-,15+,17+,18+,19+,34?/m0/s1. The molecule has 14 heteroatoms. The molecule has 192 valence electrons. The number of rotatable bonds is 10. The molecule has 1 unspecified atom stereocenters. The van der Waals surface area contributed by atoms with Crippen LogP contribution in [0.3, 0.4) is 0 Å². The monoisotopic (exact) mass is 529 g/mol. The van der Waals surface area contributed by atoms with E-state index in [9.17, 15) is 24.4 Å². The summed E-state index contributed by atoms with van der Waals surface area (Å²) >= 11 is 5.09. The SMILES string of the molecule is CC(C)OC(=O)[C@H](C)NP(=O)(OC[C@H]1O[C@@H](n2ccc(=O)[nH]c2=S)[C@H](O)[C@@H]1O)Oc1ccccc1. The van der Waals surface area contributed by atoms with E-state index >= 15 is 0 Å². The molecule has 1 fully saturated rings. The summed E-state index contributed by atoms with van der Waals surface area (Å²) < 4.78 is 36.7. The van der Waals surface area contributed by atoms with Crippen molar-refractivity contribution in [3.8, 4) is 5.75 Å². The van der Waals surface area contributed by atoms with E-state index in [0.29, 0.717) is 0 Å². The molecule has 2 aromatic rings. The Kier molecular flexibility index (Phi) is 9.00. The first kappa shape index (κ1) is 27.2. The summed E-state index contributed by atoms with van der Waals surface area (Å²) in [6.45, 7) is 4.31. The average molecular weight is 530 g/mol. The Morgan fingerprint density at radius 2 is 1.91 bits per heavy atom. The largest absolute Gasteiger partial charge is 0.462 e. The van der Waals surface area contributed by atoms with Gasteiger partial charge in [-0.3, -0.25) is 23.7 Å². The van der Waals surface area contributed by atoms with Gasteiger partial charge in [-0.1, -0.05) is 18.2 Å². The first-order valence-electron chi connectivity index (χ1n) is 10.8. The van der Waals surface area contributed by atoms with Gasteiger partial charge in [0.2, 0.25) is 0 Å². The molecule has 2 heterocycles. The topological polar surface area (TPSA) is 161 Å². The highest BCUT2D eigenvalue weighted by Gasteiger charge is 2.45. The highest BCUT2D eigenvalue weighted by molar-refractivity contribution is 7.71. The van der Waals surface area contributed by atoms with Gasteiger partial charge in [0.1, 0.15) is 30.1 Å². The van der Waals surface area contributed by atoms with Crippen molar-refractivity contribution < 1.29 is 38.1 Å². The molecule has 6 atom stereocenters. The molecule has 12 nitrogen and oxygen atoms in total. The number of aliphatic hydroxyl groups is 2. The quantitative estimate of drug-likeness (QED) is 0.201. The normalized spacial score (nSPS) is 24.6. The van der Waals surface area contributed by atoms with Crippen LogP contribution >= 0.6 is 20.0 Å². The fraction of sp³-hybridized carbons (Fsp3) is 0.476. The second-order valence-corrected chi connectivity index (χ2v) is 10.2. The fourth-order valence-corrected chi connectivity index (χ4v) is 5.00. The molecule has 4 N–H and O–H groups in total. The number of benzene rings is 1. The maximum absolute atomic E-state index is 13.5. The Balaban J connectivity index is 1.75. The maximum Gasteiger partial charge on any atom is 0.459 e. The van der Waals surface area contributed by atoms with Crippen LogP contribution in [0.15, 0.2) is 47.4 Å². The molecule has 0 bridgehead atoms. The Morgan fingerprint density at radius 3 is 2.54 bits per heavy atom. The number of nitrogens with zero attached hydrogens (tertiary/aromatic N) is 1. The molecule has 0 amide bonds. The number of para-hydroxylation sites is 1. The predicted octanol–water partition coefficient (Wildman–Crippen LogP) is 1.66. The number of hydrogen-bond donors (Lipinski definition) is 4. The lowest BCUT2D eigenvalue weighted by Gasteiger charge is -2.25. The van der Waals surface area contributed by atoms with E-state index in [1.807, 2.05) is 0 Å². The minimum atomic E-state index is -4.20. The Bertz CT molecular complexity index is 1170. The Labute approximate surface area is 206 Å². The number of ether oxygens (including phenoxy) is 2. The highest BCUT2D eigenvalue weighted by atomic mass is 32.1. The number of H-pyrrole nitrogens is 1. The lowest BCUT2D eigenvalue weighted by molar-refractivity contribution is -0.149. The van der Waals surface area contributed by atoms with Gasteiger partial charge in [-0.15, -0.1) is 0 Å². The van der Waals surface area contributed by atoms with Gasteiger partial charge in [0, 0.05) is 12.3 Å². The molecular formula is C21H28N3O9PS. The first-order chi connectivity index (χ1) is 16.5. The smallest absolute Gasteiger partial charge is 0.459 e. The third kappa shape index (κ3) is 7.07. The average Bonchev–Trinajstić information content (AvgIpc) is 3.06. The number of carbonyl (C=O) groups is 1. The zero-order valence-corrected chi connectivity index (χ0v) is 21.0. The molecule has 0 radical (unpaired) electrons. The molecule has 3 rings (SSSR count). The van der Waals surface area contributed by atoms with Gasteiger partial charge < -0.3 is 24.2 Å². The van der Waals surface area contributed by atoms with Crippen LogP contribution in [0.4, 0.5) is 0 Å². The van der Waals surface area contributed by atoms with Crippen molar-refractivity contribution in [1.29, 1.82) is 0 Å². The molecule has 35 heavy (non-hydrogen) atoms.